The molecule has 5 nitrogen and oxygen atoms in total. The van der Waals surface area contributed by atoms with Gasteiger partial charge in [-0.1, -0.05) is 53.7 Å². The molecule has 0 saturated heterocycles. The first-order chi connectivity index (χ1) is 15.8. The van der Waals surface area contributed by atoms with Crippen molar-refractivity contribution >= 4 is 40.2 Å². The van der Waals surface area contributed by atoms with Gasteiger partial charge in [-0.05, 0) is 36.4 Å². The summed E-state index contributed by atoms with van der Waals surface area (Å²) in [6.07, 6.45) is 0. The number of carbonyl (C=O) groups is 1. The number of amides is 1. The monoisotopic (exact) mass is 485 g/mol. The van der Waals surface area contributed by atoms with Gasteiger partial charge in [0.15, 0.2) is 5.16 Å². The number of hydrogen-bond donors (Lipinski definition) is 0. The number of nitrogens with zero attached hydrogens (tertiary/aromatic N) is 3. The number of rotatable bonds is 6. The quantitative estimate of drug-likeness (QED) is 0.283. The Balaban J connectivity index is 1.65. The highest BCUT2D eigenvalue weighted by atomic mass is 35.5. The fourth-order valence-corrected chi connectivity index (χ4v) is 4.40. The second kappa shape index (κ2) is 9.72. The molecule has 33 heavy (non-hydrogen) atoms. The van der Waals surface area contributed by atoms with Gasteiger partial charge in [0.2, 0.25) is 5.91 Å². The molecule has 168 valence electrons. The molecule has 3 aromatic carbocycles. The second-order valence-electron chi connectivity index (χ2n) is 7.28. The zero-order valence-corrected chi connectivity index (χ0v) is 19.0. The summed E-state index contributed by atoms with van der Waals surface area (Å²) in [7, 11) is 1.58. The molecule has 0 atom stereocenters. The van der Waals surface area contributed by atoms with E-state index in [9.17, 15) is 18.4 Å². The fraction of sp³-hybridized carbons (Fsp3) is 0.125. The van der Waals surface area contributed by atoms with Gasteiger partial charge in [0.05, 0.1) is 27.4 Å². The Morgan fingerprint density at radius 1 is 1.06 bits per heavy atom. The van der Waals surface area contributed by atoms with Crippen LogP contribution in [-0.4, -0.2) is 33.2 Å². The van der Waals surface area contributed by atoms with Gasteiger partial charge in [0, 0.05) is 19.2 Å². The van der Waals surface area contributed by atoms with Gasteiger partial charge in [0.25, 0.3) is 5.56 Å². The molecule has 0 spiro atoms. The summed E-state index contributed by atoms with van der Waals surface area (Å²) in [4.78, 5) is 31.9. The number of aromatic nitrogens is 2. The molecule has 1 heterocycles. The molecule has 4 aromatic rings. The second-order valence-corrected chi connectivity index (χ2v) is 8.63. The molecular weight excluding hydrogens is 468 g/mol. The molecule has 0 unspecified atom stereocenters. The largest absolute Gasteiger partial charge is 0.341 e. The average Bonchev–Trinajstić information content (AvgIpc) is 2.81. The van der Waals surface area contributed by atoms with Crippen LogP contribution >= 0.6 is 23.4 Å². The molecule has 0 aliphatic rings. The van der Waals surface area contributed by atoms with Crippen molar-refractivity contribution in [2.24, 2.45) is 0 Å². The SMILES string of the molecule is CN(Cc1ccccc1F)C(=O)CSc1nc2ccccc2c(=O)n1-c1ccc(F)c(Cl)c1. The Morgan fingerprint density at radius 2 is 1.79 bits per heavy atom. The van der Waals surface area contributed by atoms with Crippen molar-refractivity contribution in [3.05, 3.63) is 99.3 Å². The van der Waals surface area contributed by atoms with Crippen molar-refractivity contribution in [1.82, 2.24) is 14.5 Å². The average molecular weight is 486 g/mol. The van der Waals surface area contributed by atoms with E-state index >= 15 is 0 Å². The molecule has 1 amide bonds. The third-order valence-corrected chi connectivity index (χ3v) is 6.24. The first-order valence-electron chi connectivity index (χ1n) is 9.92. The maximum absolute atomic E-state index is 13.9. The molecule has 0 radical (unpaired) electrons. The molecule has 0 aliphatic heterocycles. The topological polar surface area (TPSA) is 55.2 Å². The number of hydrogen-bond acceptors (Lipinski definition) is 4. The summed E-state index contributed by atoms with van der Waals surface area (Å²) in [5.74, 6) is -1.30. The van der Waals surface area contributed by atoms with Crippen LogP contribution in [0.3, 0.4) is 0 Å². The Hall–Kier alpha value is -3.23. The zero-order chi connectivity index (χ0) is 23.5. The van der Waals surface area contributed by atoms with Gasteiger partial charge in [0.1, 0.15) is 11.6 Å². The molecule has 9 heteroatoms. The van der Waals surface area contributed by atoms with Crippen LogP contribution in [0, 0.1) is 11.6 Å². The molecule has 0 fully saturated rings. The van der Waals surface area contributed by atoms with Gasteiger partial charge in [-0.15, -0.1) is 0 Å². The standard InChI is InChI=1S/C24H18ClF2N3O2S/c1-29(13-15-6-2-4-8-19(15)26)22(31)14-33-24-28-21-9-5-3-7-17(21)23(32)30(24)16-10-11-20(27)18(25)12-16/h2-12H,13-14H2,1H3. The van der Waals surface area contributed by atoms with Crippen molar-refractivity contribution in [2.45, 2.75) is 11.7 Å². The molecular formula is C24H18ClF2N3O2S. The smallest absolute Gasteiger partial charge is 0.266 e. The summed E-state index contributed by atoms with van der Waals surface area (Å²) in [6.45, 7) is 0.109. The van der Waals surface area contributed by atoms with Gasteiger partial charge in [-0.25, -0.2) is 13.8 Å². The summed E-state index contributed by atoms with van der Waals surface area (Å²) < 4.78 is 28.9. The predicted molar refractivity (Wildman–Crippen MR) is 126 cm³/mol. The van der Waals surface area contributed by atoms with Gasteiger partial charge in [-0.2, -0.15) is 0 Å². The lowest BCUT2D eigenvalue weighted by Crippen LogP contribution is -2.29. The van der Waals surface area contributed by atoms with Crippen molar-refractivity contribution < 1.29 is 13.6 Å². The van der Waals surface area contributed by atoms with Gasteiger partial charge >= 0.3 is 0 Å². The lowest BCUT2D eigenvalue weighted by Gasteiger charge is -2.18. The van der Waals surface area contributed by atoms with E-state index in [1.165, 1.54) is 33.7 Å². The maximum atomic E-state index is 13.9. The number of halogens is 3. The first-order valence-corrected chi connectivity index (χ1v) is 11.3. The van der Waals surface area contributed by atoms with E-state index in [-0.39, 0.29) is 39.8 Å². The van der Waals surface area contributed by atoms with Crippen LogP contribution < -0.4 is 5.56 Å². The Morgan fingerprint density at radius 3 is 2.55 bits per heavy atom. The number of para-hydroxylation sites is 1. The molecule has 4 rings (SSSR count). The molecule has 0 saturated carbocycles. The van der Waals surface area contributed by atoms with Crippen molar-refractivity contribution in [2.75, 3.05) is 12.8 Å². The number of thioether (sulfide) groups is 1. The van der Waals surface area contributed by atoms with Crippen LogP contribution in [0.25, 0.3) is 16.6 Å². The maximum Gasteiger partial charge on any atom is 0.266 e. The highest BCUT2D eigenvalue weighted by Gasteiger charge is 2.18. The predicted octanol–water partition coefficient (Wildman–Crippen LogP) is 5.07. The summed E-state index contributed by atoms with van der Waals surface area (Å²) >= 11 is 7.00. The summed E-state index contributed by atoms with van der Waals surface area (Å²) in [6, 6.07) is 17.0. The van der Waals surface area contributed by atoms with Crippen molar-refractivity contribution in [3.63, 3.8) is 0 Å². The summed E-state index contributed by atoms with van der Waals surface area (Å²) in [5, 5.41) is 0.503. The number of benzene rings is 3. The van der Waals surface area contributed by atoms with E-state index in [2.05, 4.69) is 4.98 Å². The minimum atomic E-state index is -0.610. The van der Waals surface area contributed by atoms with Crippen molar-refractivity contribution in [1.29, 1.82) is 0 Å². The van der Waals surface area contributed by atoms with Crippen molar-refractivity contribution in [3.8, 4) is 5.69 Å². The molecule has 0 N–H and O–H groups in total. The molecule has 0 bridgehead atoms. The minimum Gasteiger partial charge on any atom is -0.341 e. The molecule has 0 aliphatic carbocycles. The van der Waals surface area contributed by atoms with Crippen LogP contribution in [-0.2, 0) is 11.3 Å². The normalized spacial score (nSPS) is 11.0. The van der Waals surface area contributed by atoms with E-state index < -0.39 is 5.82 Å². The van der Waals surface area contributed by atoms with Gasteiger partial charge < -0.3 is 4.90 Å². The Bertz CT molecular complexity index is 1410. The lowest BCUT2D eigenvalue weighted by atomic mass is 10.2. The minimum absolute atomic E-state index is 0.0370. The van der Waals surface area contributed by atoms with Crippen LogP contribution in [0.1, 0.15) is 5.56 Å². The lowest BCUT2D eigenvalue weighted by molar-refractivity contribution is -0.127. The fourth-order valence-electron chi connectivity index (χ4n) is 3.27. The zero-order valence-electron chi connectivity index (χ0n) is 17.5. The van der Waals surface area contributed by atoms with E-state index in [1.54, 1.807) is 49.5 Å². The Labute approximate surface area is 197 Å². The Kier molecular flexibility index (Phi) is 6.76. The van der Waals surface area contributed by atoms with E-state index in [4.69, 9.17) is 11.6 Å². The third kappa shape index (κ3) is 4.91. The van der Waals surface area contributed by atoms with E-state index in [0.717, 1.165) is 11.8 Å². The number of carbonyl (C=O) groups excluding carboxylic acids is 1. The van der Waals surface area contributed by atoms with Gasteiger partial charge in [-0.3, -0.25) is 14.2 Å². The first kappa shape index (κ1) is 22.9. The van der Waals surface area contributed by atoms with E-state index in [0.29, 0.717) is 22.2 Å². The van der Waals surface area contributed by atoms with Crippen LogP contribution in [0.4, 0.5) is 8.78 Å². The van der Waals surface area contributed by atoms with E-state index in [1.807, 2.05) is 0 Å². The number of fused-ring (bicyclic) bond motifs is 1. The third-order valence-electron chi connectivity index (χ3n) is 5.02. The summed E-state index contributed by atoms with van der Waals surface area (Å²) in [5.41, 5.74) is 0.846. The highest BCUT2D eigenvalue weighted by Crippen LogP contribution is 2.24. The van der Waals surface area contributed by atoms with Crippen LogP contribution in [0.2, 0.25) is 5.02 Å². The van der Waals surface area contributed by atoms with Crippen LogP contribution in [0.15, 0.2) is 76.7 Å². The molecule has 1 aromatic heterocycles. The van der Waals surface area contributed by atoms with Crippen LogP contribution in [0.5, 0.6) is 0 Å². The highest BCUT2D eigenvalue weighted by molar-refractivity contribution is 7.99.